The van der Waals surface area contributed by atoms with Gasteiger partial charge in [-0.3, -0.25) is 33.7 Å². The smallest absolute Gasteiger partial charge is 0.303 e. The Morgan fingerprint density at radius 3 is 1.04 bits per heavy atom. The molecule has 105 heavy (non-hydrogen) atoms. The Bertz CT molecular complexity index is 2980. The monoisotopic (exact) mass is 1500 g/mol. The number of ether oxygens (including phenoxy) is 22. The number of amides is 2. The minimum atomic E-state index is -1.37. The second kappa shape index (κ2) is 37.5. The second-order valence-electron chi connectivity index (χ2n) is 30.3. The number of rotatable bonds is 29. The Kier molecular flexibility index (Phi) is 30.1. The zero-order valence-electron chi connectivity index (χ0n) is 64.8. The van der Waals surface area contributed by atoms with E-state index in [9.17, 15) is 33.9 Å². The molecule has 596 valence electrons. The van der Waals surface area contributed by atoms with Crippen molar-refractivity contribution in [2.75, 3.05) is 81.7 Å². The van der Waals surface area contributed by atoms with Gasteiger partial charge in [0.05, 0.1) is 80.2 Å². The van der Waals surface area contributed by atoms with Crippen LogP contribution in [0.5, 0.6) is 0 Å². The molecule has 1 aromatic rings. The lowest BCUT2D eigenvalue weighted by atomic mass is 9.79. The number of benzene rings is 1. The Morgan fingerprint density at radius 2 is 0.648 bits per heavy atom. The van der Waals surface area contributed by atoms with Gasteiger partial charge in [-0.25, -0.2) is 0 Å². The molecule has 8 heterocycles. The van der Waals surface area contributed by atoms with Gasteiger partial charge in [-0.15, -0.1) is 0 Å². The van der Waals surface area contributed by atoms with E-state index in [4.69, 9.17) is 104 Å². The van der Waals surface area contributed by atoms with Crippen molar-refractivity contribution in [2.45, 2.75) is 252 Å². The van der Waals surface area contributed by atoms with Gasteiger partial charge in [-0.05, 0) is 41.7 Å². The Hall–Kier alpha value is -4.52. The van der Waals surface area contributed by atoms with Crippen molar-refractivity contribution in [3.63, 3.8) is 0 Å². The number of carbonyl (C=O) groups excluding carboxylic acids is 6. The third-order valence-electron chi connectivity index (χ3n) is 23.5. The maximum atomic E-state index is 14.3. The second-order valence-corrected chi connectivity index (χ2v) is 30.3. The SMILES string of the molecule is COCC1O[C@@H](O[C@H]2C(C)C(C)[C@@H](O[C@H]3C(C)C(OC)[C@H](O[C@@H]4C(COC(C)=O)OC(O)C(C)[C@H]4C)O[C@H]3COC)O[C@H]2COC)C(OC)[C@@H](C)[C@@H]1O[C@@H]1OC(CN2C(=O)c3ccccc3C2=O)[C@@H](O[C@@H]2O[C@@H](COC(C)=O)[C@@H](O[C@H]3O[C@@H](COC(C)=O)[C@@H](C)C(C)C3C)C(C)C2OC(C)=O)[C@H](C)C1C. The summed E-state index contributed by atoms with van der Waals surface area (Å²) in [6.45, 7) is 28.3. The molecule has 0 aliphatic carbocycles. The maximum Gasteiger partial charge on any atom is 0.303 e. The predicted molar refractivity (Wildman–Crippen MR) is 367 cm³/mol. The van der Waals surface area contributed by atoms with Crippen molar-refractivity contribution in [3.05, 3.63) is 35.4 Å². The molecule has 30 nitrogen and oxygen atoms in total. The Morgan fingerprint density at radius 1 is 0.343 bits per heavy atom. The minimum absolute atomic E-state index is 0.000783. The van der Waals surface area contributed by atoms with Crippen LogP contribution in [-0.2, 0) is 123 Å². The fourth-order valence-corrected chi connectivity index (χ4v) is 16.3. The van der Waals surface area contributed by atoms with Crippen LogP contribution in [-0.4, -0.2) is 269 Å². The summed E-state index contributed by atoms with van der Waals surface area (Å²) >= 11 is 0. The quantitative estimate of drug-likeness (QED) is 0.0555. The maximum absolute atomic E-state index is 14.3. The number of fused-ring (bicyclic) bond motifs is 1. The van der Waals surface area contributed by atoms with Gasteiger partial charge in [0.1, 0.15) is 68.7 Å². The number of hydrogen-bond acceptors (Lipinski definition) is 29. The molecule has 15 unspecified atom stereocenters. The van der Waals surface area contributed by atoms with Gasteiger partial charge in [0.2, 0.25) is 0 Å². The molecule has 35 atom stereocenters. The molecule has 30 heteroatoms. The summed E-state index contributed by atoms with van der Waals surface area (Å²) in [4.78, 5) is 79.5. The predicted octanol–water partition coefficient (Wildman–Crippen LogP) is 5.88. The van der Waals surface area contributed by atoms with Crippen molar-refractivity contribution in [1.29, 1.82) is 0 Å². The average Bonchev–Trinajstić information content (AvgIpc) is 1.39. The van der Waals surface area contributed by atoms with Crippen LogP contribution in [0.15, 0.2) is 24.3 Å². The van der Waals surface area contributed by atoms with Gasteiger partial charge in [-0.2, -0.15) is 0 Å². The summed E-state index contributed by atoms with van der Waals surface area (Å²) in [6, 6.07) is 6.55. The first-order valence-electron chi connectivity index (χ1n) is 37.1. The van der Waals surface area contributed by atoms with E-state index in [2.05, 4.69) is 13.8 Å². The third-order valence-corrected chi connectivity index (χ3v) is 23.5. The van der Waals surface area contributed by atoms with Crippen LogP contribution >= 0.6 is 0 Å². The van der Waals surface area contributed by atoms with E-state index in [1.165, 1.54) is 27.7 Å². The van der Waals surface area contributed by atoms with Gasteiger partial charge in [-0.1, -0.05) is 95.2 Å². The molecule has 0 aromatic heterocycles. The Labute approximate surface area is 617 Å². The number of esters is 4. The van der Waals surface area contributed by atoms with Crippen LogP contribution in [0.1, 0.15) is 131 Å². The highest BCUT2D eigenvalue weighted by atomic mass is 16.8. The van der Waals surface area contributed by atoms with Crippen LogP contribution in [0.3, 0.4) is 0 Å². The van der Waals surface area contributed by atoms with Crippen LogP contribution < -0.4 is 0 Å². The molecule has 0 radical (unpaired) electrons. The number of carbonyl (C=O) groups is 6. The van der Waals surface area contributed by atoms with Gasteiger partial charge < -0.3 is 109 Å². The first kappa shape index (κ1) is 84.5. The highest BCUT2D eigenvalue weighted by Crippen LogP contribution is 2.46. The number of aliphatic hydroxyl groups excluding tert-OH is 1. The van der Waals surface area contributed by atoms with Gasteiger partial charge >= 0.3 is 23.9 Å². The highest BCUT2D eigenvalue weighted by Gasteiger charge is 2.58. The van der Waals surface area contributed by atoms with E-state index >= 15 is 0 Å². The molecule has 0 bridgehead atoms. The zero-order chi connectivity index (χ0) is 76.7. The standard InChI is InChI=1S/C75H117NO29/c1-33-34(2)52(30-89-45(13)77)95-70(39(33)7)102-63-44(12)66(92-48(16)80)75(99-57(63)32-91-47(15)79)103-58-36(4)40(8)71(94-51(58)26-76-67(81)49-24-22-23-25-50(49)68(76)82)100-61-42(10)65(88-21)74(98-54(61)28-85-18)105-60-37(5)41(9)72(96-53(60)27-84-17)101-62-43(11)64(87-20)73(97-55(62)29-86-19)104-59-35(3)38(6)69(83)93-56(59)31-90-46(14)78/h22-25,33-44,51-66,69-75,83H,26-32H2,1-21H3/t33?,34-,35+,36+,37?,38?,39?,40?,41?,42-,43?,44?,51?,52-,53-,54?,55-,56?,57-,58-,59-,60-,61-,62-,63-,64?,65?,66?,69?,70+,71-,72+,73-,74-,75-/m0/s1. The Balaban J connectivity index is 0.934. The largest absolute Gasteiger partial charge is 0.463 e. The summed E-state index contributed by atoms with van der Waals surface area (Å²) in [7, 11) is 7.83. The molecular formula is C75H117NO29. The van der Waals surface area contributed by atoms with E-state index in [-0.39, 0.29) is 105 Å². The van der Waals surface area contributed by atoms with Crippen molar-refractivity contribution in [1.82, 2.24) is 4.90 Å². The molecule has 2 amide bonds. The van der Waals surface area contributed by atoms with Crippen LogP contribution in [0.25, 0.3) is 0 Å². The summed E-state index contributed by atoms with van der Waals surface area (Å²) in [5, 5.41) is 10.8. The van der Waals surface area contributed by atoms with E-state index in [1.54, 1.807) is 59.8 Å². The number of hydrogen-bond donors (Lipinski definition) is 1. The van der Waals surface area contributed by atoms with E-state index in [0.717, 1.165) is 4.90 Å². The third kappa shape index (κ3) is 19.1. The fraction of sp³-hybridized carbons (Fsp3) is 0.840. The van der Waals surface area contributed by atoms with Gasteiger partial charge in [0.15, 0.2) is 50.1 Å². The molecule has 0 spiro atoms. The van der Waals surface area contributed by atoms with Crippen LogP contribution in [0.4, 0.5) is 0 Å². The molecule has 7 fully saturated rings. The summed E-state index contributed by atoms with van der Waals surface area (Å²) in [5.41, 5.74) is 0.445. The van der Waals surface area contributed by atoms with Gasteiger partial charge in [0.25, 0.3) is 11.8 Å². The molecule has 9 rings (SSSR count). The number of nitrogens with zero attached hydrogens (tertiary/aromatic N) is 1. The molecule has 7 saturated heterocycles. The molecular weight excluding hydrogens is 1380 g/mol. The summed E-state index contributed by atoms with van der Waals surface area (Å²) < 4.78 is 142. The van der Waals surface area contributed by atoms with Crippen molar-refractivity contribution in [2.24, 2.45) is 71.0 Å². The molecule has 1 aromatic carbocycles. The topological polar surface area (TPSA) is 329 Å². The lowest BCUT2D eigenvalue weighted by Crippen LogP contribution is -2.64. The summed E-state index contributed by atoms with van der Waals surface area (Å²) in [6.07, 6.45) is -20.2. The van der Waals surface area contributed by atoms with Crippen molar-refractivity contribution in [3.8, 4) is 0 Å². The van der Waals surface area contributed by atoms with Crippen molar-refractivity contribution < 1.29 is 138 Å². The molecule has 0 saturated carbocycles. The van der Waals surface area contributed by atoms with Gasteiger partial charge in [0, 0.05) is 105 Å². The van der Waals surface area contributed by atoms with Crippen LogP contribution in [0, 0.1) is 71.0 Å². The van der Waals surface area contributed by atoms with E-state index < -0.39 is 201 Å². The molecule has 8 aliphatic rings. The highest BCUT2D eigenvalue weighted by molar-refractivity contribution is 6.21. The number of imide groups is 1. The molecule has 1 N–H and O–H groups in total. The minimum Gasteiger partial charge on any atom is -0.463 e. The normalized spacial score (nSPS) is 43.1. The first-order valence-corrected chi connectivity index (χ1v) is 37.1. The lowest BCUT2D eigenvalue weighted by molar-refractivity contribution is -0.381. The summed E-state index contributed by atoms with van der Waals surface area (Å²) in [5.74, 6) is -7.21. The first-order chi connectivity index (χ1) is 49.9. The van der Waals surface area contributed by atoms with Crippen LogP contribution in [0.2, 0.25) is 0 Å². The fourth-order valence-electron chi connectivity index (χ4n) is 16.3. The average molecular weight is 1500 g/mol. The zero-order valence-corrected chi connectivity index (χ0v) is 64.8. The van der Waals surface area contributed by atoms with E-state index in [0.29, 0.717) is 0 Å². The number of methoxy groups -OCH3 is 5. The van der Waals surface area contributed by atoms with E-state index in [1.807, 2.05) is 69.2 Å². The molecule has 8 aliphatic heterocycles. The van der Waals surface area contributed by atoms with Crippen molar-refractivity contribution >= 4 is 35.7 Å². The number of aliphatic hydroxyl groups is 1. The lowest BCUT2D eigenvalue weighted by Gasteiger charge is -2.52.